The van der Waals surface area contributed by atoms with Gasteiger partial charge in [-0.2, -0.15) is 0 Å². The van der Waals surface area contributed by atoms with Crippen LogP contribution in [0.3, 0.4) is 0 Å². The summed E-state index contributed by atoms with van der Waals surface area (Å²) < 4.78 is 10.6. The molecule has 1 heterocycles. The first-order valence-corrected chi connectivity index (χ1v) is 10.3. The highest BCUT2D eigenvalue weighted by molar-refractivity contribution is 5.96. The van der Waals surface area contributed by atoms with Gasteiger partial charge < -0.3 is 14.8 Å². The Bertz CT molecular complexity index is 846. The minimum atomic E-state index is -0.220. The molecule has 6 heteroatoms. The molecule has 0 unspecified atom stereocenters. The molecule has 6 nitrogen and oxygen atoms in total. The van der Waals surface area contributed by atoms with Gasteiger partial charge in [-0.15, -0.1) is 0 Å². The second kappa shape index (κ2) is 10.8. The highest BCUT2D eigenvalue weighted by Gasteiger charge is 2.25. The number of nitrogens with zero attached hydrogens (tertiary/aromatic N) is 2. The Morgan fingerprint density at radius 1 is 1.07 bits per heavy atom. The van der Waals surface area contributed by atoms with Crippen LogP contribution in [0, 0.1) is 0 Å². The molecule has 0 aromatic heterocycles. The Kier molecular flexibility index (Phi) is 7.88. The van der Waals surface area contributed by atoms with Crippen LogP contribution in [-0.2, 0) is 4.79 Å². The summed E-state index contributed by atoms with van der Waals surface area (Å²) in [6, 6.07) is 15.5. The third kappa shape index (κ3) is 5.84. The van der Waals surface area contributed by atoms with E-state index in [1.54, 1.807) is 26.4 Å². The Balaban J connectivity index is 1.49. The predicted molar refractivity (Wildman–Crippen MR) is 121 cm³/mol. The maximum atomic E-state index is 12.8. The summed E-state index contributed by atoms with van der Waals surface area (Å²) in [6.45, 7) is 6.49. The Labute approximate surface area is 179 Å². The van der Waals surface area contributed by atoms with E-state index in [9.17, 15) is 4.79 Å². The molecule has 30 heavy (non-hydrogen) atoms. The predicted octanol–water partition coefficient (Wildman–Crippen LogP) is 3.36. The van der Waals surface area contributed by atoms with Gasteiger partial charge in [-0.25, -0.2) is 0 Å². The van der Waals surface area contributed by atoms with Crippen LogP contribution in [0.5, 0.6) is 11.5 Å². The number of methoxy groups -OCH3 is 2. The summed E-state index contributed by atoms with van der Waals surface area (Å²) in [4.78, 5) is 17.4. The quantitative estimate of drug-likeness (QED) is 0.725. The van der Waals surface area contributed by atoms with Crippen molar-refractivity contribution >= 4 is 17.7 Å². The number of ether oxygens (including phenoxy) is 2. The molecular weight excluding hydrogens is 378 g/mol. The minimum absolute atomic E-state index is 0.0426. The summed E-state index contributed by atoms with van der Waals surface area (Å²) in [5.74, 6) is 1.25. The maximum absolute atomic E-state index is 12.8. The SMILES string of the molecule is COc1ccc(OC)c(NC(=O)[C@@H](C)N2CCN(C/C=C/c3ccccc3)CC2)c1. The molecule has 1 saturated heterocycles. The van der Waals surface area contributed by atoms with E-state index >= 15 is 0 Å². The molecule has 1 amide bonds. The molecule has 1 aliphatic rings. The molecule has 0 radical (unpaired) electrons. The maximum Gasteiger partial charge on any atom is 0.241 e. The summed E-state index contributed by atoms with van der Waals surface area (Å²) in [6.07, 6.45) is 4.36. The van der Waals surface area contributed by atoms with Crippen molar-refractivity contribution in [3.63, 3.8) is 0 Å². The number of benzene rings is 2. The van der Waals surface area contributed by atoms with Crippen LogP contribution in [0.1, 0.15) is 12.5 Å². The summed E-state index contributed by atoms with van der Waals surface area (Å²) in [5, 5.41) is 2.99. The Morgan fingerprint density at radius 2 is 1.80 bits per heavy atom. The molecule has 2 aromatic rings. The molecule has 2 aromatic carbocycles. The lowest BCUT2D eigenvalue weighted by molar-refractivity contribution is -0.121. The van der Waals surface area contributed by atoms with Crippen molar-refractivity contribution in [3.8, 4) is 11.5 Å². The Morgan fingerprint density at radius 3 is 2.47 bits per heavy atom. The first-order valence-electron chi connectivity index (χ1n) is 10.3. The molecular formula is C24H31N3O3. The van der Waals surface area contributed by atoms with Crippen LogP contribution < -0.4 is 14.8 Å². The van der Waals surface area contributed by atoms with Crippen LogP contribution in [0.4, 0.5) is 5.69 Å². The number of piperazine rings is 1. The van der Waals surface area contributed by atoms with E-state index in [1.165, 1.54) is 5.56 Å². The number of hydrogen-bond acceptors (Lipinski definition) is 5. The topological polar surface area (TPSA) is 54.0 Å². The van der Waals surface area contributed by atoms with Crippen molar-refractivity contribution in [2.45, 2.75) is 13.0 Å². The van der Waals surface area contributed by atoms with E-state index < -0.39 is 0 Å². The van der Waals surface area contributed by atoms with E-state index in [2.05, 4.69) is 39.4 Å². The average molecular weight is 410 g/mol. The zero-order valence-corrected chi connectivity index (χ0v) is 18.0. The van der Waals surface area contributed by atoms with Crippen LogP contribution in [0.2, 0.25) is 0 Å². The second-order valence-electron chi connectivity index (χ2n) is 7.38. The van der Waals surface area contributed by atoms with Crippen molar-refractivity contribution in [2.75, 3.05) is 52.3 Å². The third-order valence-corrected chi connectivity index (χ3v) is 5.47. The van der Waals surface area contributed by atoms with Crippen molar-refractivity contribution < 1.29 is 14.3 Å². The normalized spacial score (nSPS) is 16.4. The molecule has 0 bridgehead atoms. The fraction of sp³-hybridized carbons (Fsp3) is 0.375. The molecule has 1 N–H and O–H groups in total. The first kappa shape index (κ1) is 21.9. The van der Waals surface area contributed by atoms with Crippen molar-refractivity contribution in [1.29, 1.82) is 0 Å². The van der Waals surface area contributed by atoms with Crippen LogP contribution >= 0.6 is 0 Å². The molecule has 3 rings (SSSR count). The van der Waals surface area contributed by atoms with Crippen LogP contribution in [0.15, 0.2) is 54.6 Å². The van der Waals surface area contributed by atoms with Gasteiger partial charge in [-0.05, 0) is 24.6 Å². The summed E-state index contributed by atoms with van der Waals surface area (Å²) >= 11 is 0. The minimum Gasteiger partial charge on any atom is -0.497 e. The number of carbonyl (C=O) groups is 1. The fourth-order valence-electron chi connectivity index (χ4n) is 3.55. The molecule has 1 atom stereocenters. The lowest BCUT2D eigenvalue weighted by Gasteiger charge is -2.37. The molecule has 0 aliphatic carbocycles. The zero-order chi connectivity index (χ0) is 21.3. The molecule has 160 valence electrons. The van der Waals surface area contributed by atoms with E-state index in [1.807, 2.05) is 31.2 Å². The molecule has 1 aliphatic heterocycles. The number of anilines is 1. The van der Waals surface area contributed by atoms with Crippen LogP contribution in [-0.4, -0.2) is 68.7 Å². The van der Waals surface area contributed by atoms with E-state index in [4.69, 9.17) is 9.47 Å². The number of carbonyl (C=O) groups excluding carboxylic acids is 1. The van der Waals surface area contributed by atoms with Crippen molar-refractivity contribution in [2.24, 2.45) is 0 Å². The van der Waals surface area contributed by atoms with Gasteiger partial charge in [-0.3, -0.25) is 14.6 Å². The smallest absolute Gasteiger partial charge is 0.241 e. The highest BCUT2D eigenvalue weighted by atomic mass is 16.5. The number of nitrogens with one attached hydrogen (secondary N) is 1. The van der Waals surface area contributed by atoms with Gasteiger partial charge in [-0.1, -0.05) is 42.5 Å². The third-order valence-electron chi connectivity index (χ3n) is 5.47. The second-order valence-corrected chi connectivity index (χ2v) is 7.38. The number of hydrogen-bond donors (Lipinski definition) is 1. The highest BCUT2D eigenvalue weighted by Crippen LogP contribution is 2.29. The fourth-order valence-corrected chi connectivity index (χ4v) is 3.55. The van der Waals surface area contributed by atoms with E-state index in [0.717, 1.165) is 32.7 Å². The van der Waals surface area contributed by atoms with Gasteiger partial charge >= 0.3 is 0 Å². The van der Waals surface area contributed by atoms with E-state index in [0.29, 0.717) is 17.2 Å². The van der Waals surface area contributed by atoms with Gasteiger partial charge in [0.1, 0.15) is 11.5 Å². The standard InChI is InChI=1S/C24H31N3O3/c1-19(24(28)25-22-18-21(29-2)11-12-23(22)30-3)27-16-14-26(15-17-27)13-7-10-20-8-5-4-6-9-20/h4-12,18-19H,13-17H2,1-3H3,(H,25,28)/b10-7+/t19-/m1/s1. The zero-order valence-electron chi connectivity index (χ0n) is 18.0. The lowest BCUT2D eigenvalue weighted by atomic mass is 10.2. The number of rotatable bonds is 8. The largest absolute Gasteiger partial charge is 0.497 e. The first-order chi connectivity index (χ1) is 14.6. The molecule has 0 saturated carbocycles. The van der Waals surface area contributed by atoms with E-state index in [-0.39, 0.29) is 11.9 Å². The molecule has 1 fully saturated rings. The van der Waals surface area contributed by atoms with Gasteiger partial charge in [0.25, 0.3) is 0 Å². The average Bonchev–Trinajstić information content (AvgIpc) is 2.79. The van der Waals surface area contributed by atoms with Crippen LogP contribution in [0.25, 0.3) is 6.08 Å². The monoisotopic (exact) mass is 409 g/mol. The number of amides is 1. The van der Waals surface area contributed by atoms with Gasteiger partial charge in [0.2, 0.25) is 5.91 Å². The lowest BCUT2D eigenvalue weighted by Crippen LogP contribution is -2.52. The Hall–Kier alpha value is -2.83. The molecule has 0 spiro atoms. The summed E-state index contributed by atoms with van der Waals surface area (Å²) in [7, 11) is 3.19. The van der Waals surface area contributed by atoms with Gasteiger partial charge in [0, 0.05) is 38.8 Å². The van der Waals surface area contributed by atoms with Crippen molar-refractivity contribution in [1.82, 2.24) is 9.80 Å². The van der Waals surface area contributed by atoms with Gasteiger partial charge in [0.05, 0.1) is 25.9 Å². The summed E-state index contributed by atoms with van der Waals surface area (Å²) in [5.41, 5.74) is 1.84. The van der Waals surface area contributed by atoms with Gasteiger partial charge in [0.15, 0.2) is 0 Å². The van der Waals surface area contributed by atoms with Crippen molar-refractivity contribution in [3.05, 3.63) is 60.2 Å².